The molecule has 0 aliphatic rings. The van der Waals surface area contributed by atoms with Crippen LogP contribution < -0.4 is 4.74 Å². The Morgan fingerprint density at radius 3 is 2.62 bits per heavy atom. The smallest absolute Gasteiger partial charge is 0.348 e. The molecule has 0 amide bonds. The van der Waals surface area contributed by atoms with Crippen molar-refractivity contribution >= 4 is 23.6 Å². The van der Waals surface area contributed by atoms with Crippen molar-refractivity contribution in [1.82, 2.24) is 0 Å². The summed E-state index contributed by atoms with van der Waals surface area (Å²) in [5.41, 5.74) is 3.71. The van der Waals surface area contributed by atoms with Crippen LogP contribution in [0, 0.1) is 25.2 Å². The van der Waals surface area contributed by atoms with Gasteiger partial charge in [-0.3, -0.25) is 0 Å². The Hall–Kier alpha value is -2.77. The van der Waals surface area contributed by atoms with Gasteiger partial charge in [-0.2, -0.15) is 5.26 Å². The van der Waals surface area contributed by atoms with Gasteiger partial charge in [0, 0.05) is 0 Å². The number of hydrogen-bond donors (Lipinski definition) is 0. The summed E-state index contributed by atoms with van der Waals surface area (Å²) in [6, 6.07) is 13.1. The van der Waals surface area contributed by atoms with Gasteiger partial charge in [0.1, 0.15) is 24.0 Å². The molecular formula is C21H20ClNO3. The normalized spacial score (nSPS) is 11.0. The molecule has 2 aromatic rings. The van der Waals surface area contributed by atoms with Gasteiger partial charge in [0.05, 0.1) is 11.6 Å². The highest BCUT2D eigenvalue weighted by atomic mass is 35.5. The first-order valence-corrected chi connectivity index (χ1v) is 8.60. The predicted molar refractivity (Wildman–Crippen MR) is 102 cm³/mol. The number of benzene rings is 2. The third-order valence-corrected chi connectivity index (χ3v) is 4.17. The van der Waals surface area contributed by atoms with Gasteiger partial charge in [-0.05, 0) is 67.3 Å². The van der Waals surface area contributed by atoms with E-state index >= 15 is 0 Å². The first kappa shape index (κ1) is 19.6. The minimum absolute atomic E-state index is 0.0308. The molecule has 2 aromatic carbocycles. The van der Waals surface area contributed by atoms with Gasteiger partial charge in [-0.1, -0.05) is 29.8 Å². The summed E-state index contributed by atoms with van der Waals surface area (Å²) in [5, 5.41) is 9.77. The van der Waals surface area contributed by atoms with Gasteiger partial charge in [0.2, 0.25) is 0 Å². The van der Waals surface area contributed by atoms with E-state index in [1.54, 1.807) is 25.1 Å². The standard InChI is InChI=1S/C21H20ClNO3/c1-4-25-21(24)17(12-23)10-16-11-18(15(3)9-14(16)2)13-26-20-8-6-5-7-19(20)22/h5-11H,4,13H2,1-3H3. The zero-order chi connectivity index (χ0) is 19.1. The average molecular weight is 370 g/mol. The van der Waals surface area contributed by atoms with Crippen LogP contribution in [0.25, 0.3) is 6.08 Å². The van der Waals surface area contributed by atoms with Crippen molar-refractivity contribution in [3.63, 3.8) is 0 Å². The quantitative estimate of drug-likeness (QED) is 0.408. The fourth-order valence-corrected chi connectivity index (χ4v) is 2.64. The molecule has 0 bridgehead atoms. The molecule has 0 aliphatic heterocycles. The third kappa shape index (κ3) is 4.87. The fourth-order valence-electron chi connectivity index (χ4n) is 2.45. The highest BCUT2D eigenvalue weighted by Gasteiger charge is 2.12. The number of rotatable bonds is 6. The molecule has 0 heterocycles. The van der Waals surface area contributed by atoms with Crippen molar-refractivity contribution in [2.75, 3.05) is 6.61 Å². The Kier molecular flexibility index (Phi) is 6.82. The number of nitriles is 1. The summed E-state index contributed by atoms with van der Waals surface area (Å²) in [4.78, 5) is 11.8. The zero-order valence-corrected chi connectivity index (χ0v) is 15.8. The maximum absolute atomic E-state index is 11.8. The van der Waals surface area contributed by atoms with Gasteiger partial charge < -0.3 is 9.47 Å². The number of carbonyl (C=O) groups is 1. The van der Waals surface area contributed by atoms with E-state index in [9.17, 15) is 10.1 Å². The van der Waals surface area contributed by atoms with E-state index in [2.05, 4.69) is 0 Å². The molecule has 0 aromatic heterocycles. The molecule has 0 spiro atoms. The SMILES string of the molecule is CCOC(=O)C(C#N)=Cc1cc(COc2ccccc2Cl)c(C)cc1C. The molecule has 4 nitrogen and oxygen atoms in total. The molecule has 0 aliphatic carbocycles. The van der Waals surface area contributed by atoms with E-state index < -0.39 is 5.97 Å². The van der Waals surface area contributed by atoms with E-state index in [-0.39, 0.29) is 12.2 Å². The molecule has 5 heteroatoms. The lowest BCUT2D eigenvalue weighted by molar-refractivity contribution is -0.137. The zero-order valence-electron chi connectivity index (χ0n) is 15.0. The van der Waals surface area contributed by atoms with E-state index in [0.29, 0.717) is 17.4 Å². The average Bonchev–Trinajstić information content (AvgIpc) is 2.61. The molecule has 0 unspecified atom stereocenters. The maximum atomic E-state index is 11.8. The molecule has 2 rings (SSSR count). The molecule has 0 saturated carbocycles. The molecule has 0 fully saturated rings. The summed E-state index contributed by atoms with van der Waals surface area (Å²) in [6.07, 6.45) is 1.55. The molecule has 0 radical (unpaired) electrons. The molecule has 0 atom stereocenters. The Labute approximate surface area is 158 Å². The second-order valence-electron chi connectivity index (χ2n) is 5.74. The van der Waals surface area contributed by atoms with Crippen molar-refractivity contribution in [1.29, 1.82) is 5.26 Å². The number of esters is 1. The summed E-state index contributed by atoms with van der Waals surface area (Å²) in [7, 11) is 0. The second-order valence-corrected chi connectivity index (χ2v) is 6.15. The molecule has 0 saturated heterocycles. The number of carbonyl (C=O) groups excluding carboxylic acids is 1. The highest BCUT2D eigenvalue weighted by molar-refractivity contribution is 6.32. The van der Waals surface area contributed by atoms with Crippen LogP contribution in [-0.4, -0.2) is 12.6 Å². The van der Waals surface area contributed by atoms with E-state index in [1.165, 1.54) is 0 Å². The Bertz CT molecular complexity index is 881. The van der Waals surface area contributed by atoms with Crippen molar-refractivity contribution in [3.8, 4) is 11.8 Å². The first-order chi connectivity index (χ1) is 12.5. The lowest BCUT2D eigenvalue weighted by Gasteiger charge is -2.13. The number of halogens is 1. The fraction of sp³-hybridized carbons (Fsp3) is 0.238. The highest BCUT2D eigenvalue weighted by Crippen LogP contribution is 2.26. The number of ether oxygens (including phenoxy) is 2. The van der Waals surface area contributed by atoms with Crippen LogP contribution in [0.3, 0.4) is 0 Å². The van der Waals surface area contributed by atoms with Crippen molar-refractivity contribution in [3.05, 3.63) is 69.2 Å². The summed E-state index contributed by atoms with van der Waals surface area (Å²) in [5.74, 6) is -0.0145. The maximum Gasteiger partial charge on any atom is 0.348 e. The van der Waals surface area contributed by atoms with Gasteiger partial charge in [-0.15, -0.1) is 0 Å². The number of aryl methyl sites for hydroxylation is 2. The Morgan fingerprint density at radius 1 is 1.23 bits per heavy atom. The monoisotopic (exact) mass is 369 g/mol. The molecule has 134 valence electrons. The summed E-state index contributed by atoms with van der Waals surface area (Å²) in [6.45, 7) is 6.17. The van der Waals surface area contributed by atoms with Gasteiger partial charge >= 0.3 is 5.97 Å². The van der Waals surface area contributed by atoms with Crippen LogP contribution in [0.2, 0.25) is 5.02 Å². The first-order valence-electron chi connectivity index (χ1n) is 8.22. The van der Waals surface area contributed by atoms with Gasteiger partial charge in [-0.25, -0.2) is 4.79 Å². The van der Waals surface area contributed by atoms with Crippen LogP contribution in [0.4, 0.5) is 0 Å². The number of para-hydroxylation sites is 1. The summed E-state index contributed by atoms with van der Waals surface area (Å²) >= 11 is 6.12. The van der Waals surface area contributed by atoms with Crippen molar-refractivity contribution in [2.45, 2.75) is 27.4 Å². The van der Waals surface area contributed by atoms with Crippen LogP contribution in [0.5, 0.6) is 5.75 Å². The largest absolute Gasteiger partial charge is 0.487 e. The Balaban J connectivity index is 2.30. The summed E-state index contributed by atoms with van der Waals surface area (Å²) < 4.78 is 10.7. The van der Waals surface area contributed by atoms with Crippen LogP contribution in [0.15, 0.2) is 42.0 Å². The topological polar surface area (TPSA) is 59.3 Å². The van der Waals surface area contributed by atoms with Gasteiger partial charge in [0.15, 0.2) is 0 Å². The number of hydrogen-bond acceptors (Lipinski definition) is 4. The molecular weight excluding hydrogens is 350 g/mol. The molecule has 26 heavy (non-hydrogen) atoms. The van der Waals surface area contributed by atoms with Crippen molar-refractivity contribution in [2.24, 2.45) is 0 Å². The van der Waals surface area contributed by atoms with Crippen molar-refractivity contribution < 1.29 is 14.3 Å². The van der Waals surface area contributed by atoms with E-state index in [1.807, 2.05) is 44.2 Å². The van der Waals surface area contributed by atoms with Crippen LogP contribution in [0.1, 0.15) is 29.2 Å². The number of nitrogens with zero attached hydrogens (tertiary/aromatic N) is 1. The second kappa shape index (κ2) is 9.07. The Morgan fingerprint density at radius 2 is 1.96 bits per heavy atom. The minimum Gasteiger partial charge on any atom is -0.487 e. The van der Waals surface area contributed by atoms with E-state index in [4.69, 9.17) is 21.1 Å². The minimum atomic E-state index is -0.621. The van der Waals surface area contributed by atoms with E-state index in [0.717, 1.165) is 22.3 Å². The molecule has 0 N–H and O–H groups in total. The van der Waals surface area contributed by atoms with Crippen LogP contribution >= 0.6 is 11.6 Å². The lowest BCUT2D eigenvalue weighted by Crippen LogP contribution is -2.06. The third-order valence-electron chi connectivity index (χ3n) is 3.86. The predicted octanol–water partition coefficient (Wildman–Crippen LogP) is 5.01. The van der Waals surface area contributed by atoms with Gasteiger partial charge in [0.25, 0.3) is 0 Å². The lowest BCUT2D eigenvalue weighted by atomic mass is 9.98. The van der Waals surface area contributed by atoms with Crippen LogP contribution in [-0.2, 0) is 16.1 Å².